The second-order valence-corrected chi connectivity index (χ2v) is 5.37. The van der Waals surface area contributed by atoms with Crippen LogP contribution >= 0.6 is 0 Å². The summed E-state index contributed by atoms with van der Waals surface area (Å²) >= 11 is 0. The van der Waals surface area contributed by atoms with Gasteiger partial charge in [-0.1, -0.05) is 36.4 Å². The van der Waals surface area contributed by atoms with E-state index in [0.717, 1.165) is 5.69 Å². The van der Waals surface area contributed by atoms with Gasteiger partial charge in [0, 0.05) is 11.8 Å². The first-order valence-corrected chi connectivity index (χ1v) is 7.52. The maximum Gasteiger partial charge on any atom is 0.316 e. The van der Waals surface area contributed by atoms with Crippen LogP contribution in [0.5, 0.6) is 0 Å². The zero-order chi connectivity index (χ0) is 16.8. The van der Waals surface area contributed by atoms with E-state index in [4.69, 9.17) is 0 Å². The number of allylic oxidation sites excluding steroid dienone is 1. The maximum absolute atomic E-state index is 11.6. The summed E-state index contributed by atoms with van der Waals surface area (Å²) < 4.78 is 0. The molecule has 0 bridgehead atoms. The molecular formula is C18H16N4O2. The molecular weight excluding hydrogens is 304 g/mol. The molecule has 0 aromatic heterocycles. The first kappa shape index (κ1) is 15.6. The number of nitro groups is 1. The van der Waals surface area contributed by atoms with E-state index in [9.17, 15) is 10.1 Å². The van der Waals surface area contributed by atoms with Crippen LogP contribution < -0.4 is 5.32 Å². The van der Waals surface area contributed by atoms with Gasteiger partial charge in [-0.25, -0.2) is 0 Å². The molecule has 0 saturated heterocycles. The minimum atomic E-state index is -1.37. The molecule has 1 N–H and O–H groups in total. The summed E-state index contributed by atoms with van der Waals surface area (Å²) in [6.07, 6.45) is 5.05. The Morgan fingerprint density at radius 1 is 1.00 bits per heavy atom. The standard InChI is InChI=1S/C18H16N4O2/c23-22(24)18(19-15-7-3-1-4-8-15)13-11-17(12-14-18)21-20-16-9-5-2-6-10-16/h1-13,19H,14H2. The number of rotatable bonds is 5. The van der Waals surface area contributed by atoms with Crippen LogP contribution in [0.25, 0.3) is 0 Å². The van der Waals surface area contributed by atoms with E-state index in [-0.39, 0.29) is 11.3 Å². The minimum Gasteiger partial charge on any atom is -0.317 e. The molecule has 2 aromatic rings. The smallest absolute Gasteiger partial charge is 0.316 e. The zero-order valence-electron chi connectivity index (χ0n) is 12.9. The molecule has 0 heterocycles. The summed E-state index contributed by atoms with van der Waals surface area (Å²) in [6, 6.07) is 18.5. The first-order chi connectivity index (χ1) is 11.7. The Balaban J connectivity index is 1.75. The van der Waals surface area contributed by atoms with Crippen LogP contribution in [-0.2, 0) is 0 Å². The van der Waals surface area contributed by atoms with Gasteiger partial charge < -0.3 is 5.32 Å². The van der Waals surface area contributed by atoms with Crippen molar-refractivity contribution < 1.29 is 4.92 Å². The number of nitrogens with one attached hydrogen (secondary N) is 1. The summed E-state index contributed by atoms with van der Waals surface area (Å²) in [5.74, 6) is 0. The molecule has 1 unspecified atom stereocenters. The Morgan fingerprint density at radius 3 is 2.25 bits per heavy atom. The molecule has 24 heavy (non-hydrogen) atoms. The van der Waals surface area contributed by atoms with Crippen LogP contribution in [0.2, 0.25) is 0 Å². The zero-order valence-corrected chi connectivity index (χ0v) is 12.9. The topological polar surface area (TPSA) is 79.9 Å². The van der Waals surface area contributed by atoms with E-state index in [2.05, 4.69) is 15.5 Å². The van der Waals surface area contributed by atoms with Crippen LogP contribution in [-0.4, -0.2) is 10.6 Å². The van der Waals surface area contributed by atoms with Crippen molar-refractivity contribution in [3.05, 3.63) is 94.7 Å². The lowest BCUT2D eigenvalue weighted by Gasteiger charge is -2.25. The van der Waals surface area contributed by atoms with Gasteiger partial charge in [0.2, 0.25) is 0 Å². The number of para-hydroxylation sites is 1. The lowest BCUT2D eigenvalue weighted by atomic mass is 9.99. The van der Waals surface area contributed by atoms with Gasteiger partial charge in [-0.2, -0.15) is 10.2 Å². The van der Waals surface area contributed by atoms with Crippen molar-refractivity contribution in [2.75, 3.05) is 5.32 Å². The van der Waals surface area contributed by atoms with Gasteiger partial charge in [0.15, 0.2) is 0 Å². The predicted molar refractivity (Wildman–Crippen MR) is 92.6 cm³/mol. The predicted octanol–water partition coefficient (Wildman–Crippen LogP) is 4.70. The summed E-state index contributed by atoms with van der Waals surface area (Å²) in [5, 5.41) is 22.8. The molecule has 1 aliphatic rings. The largest absolute Gasteiger partial charge is 0.317 e. The Kier molecular flexibility index (Phi) is 4.47. The molecule has 0 saturated carbocycles. The van der Waals surface area contributed by atoms with Crippen molar-refractivity contribution in [2.24, 2.45) is 10.2 Å². The highest BCUT2D eigenvalue weighted by atomic mass is 16.6. The van der Waals surface area contributed by atoms with Crippen LogP contribution in [0.4, 0.5) is 11.4 Å². The van der Waals surface area contributed by atoms with E-state index < -0.39 is 5.66 Å². The molecule has 1 atom stereocenters. The number of anilines is 1. The number of benzene rings is 2. The van der Waals surface area contributed by atoms with Gasteiger partial charge in [-0.05, 0) is 36.4 Å². The third kappa shape index (κ3) is 3.55. The molecule has 3 rings (SSSR count). The van der Waals surface area contributed by atoms with E-state index in [1.807, 2.05) is 48.5 Å². The van der Waals surface area contributed by atoms with Gasteiger partial charge in [-0.15, -0.1) is 0 Å². The van der Waals surface area contributed by atoms with E-state index in [0.29, 0.717) is 11.4 Å². The highest BCUT2D eigenvalue weighted by Gasteiger charge is 2.40. The Bertz CT molecular complexity index is 800. The van der Waals surface area contributed by atoms with Crippen LogP contribution in [0, 0.1) is 10.1 Å². The molecule has 0 amide bonds. The van der Waals surface area contributed by atoms with Crippen LogP contribution in [0.3, 0.4) is 0 Å². The van der Waals surface area contributed by atoms with Crippen molar-refractivity contribution in [3.63, 3.8) is 0 Å². The molecule has 6 heteroatoms. The van der Waals surface area contributed by atoms with Crippen LogP contribution in [0.15, 0.2) is 94.8 Å². The van der Waals surface area contributed by atoms with E-state index >= 15 is 0 Å². The lowest BCUT2D eigenvalue weighted by molar-refractivity contribution is -0.546. The molecule has 1 aliphatic carbocycles. The third-order valence-electron chi connectivity index (χ3n) is 3.65. The van der Waals surface area contributed by atoms with E-state index in [1.165, 1.54) is 6.08 Å². The average molecular weight is 320 g/mol. The highest BCUT2D eigenvalue weighted by Crippen LogP contribution is 2.27. The number of hydrogen-bond donors (Lipinski definition) is 1. The fourth-order valence-electron chi connectivity index (χ4n) is 2.35. The second-order valence-electron chi connectivity index (χ2n) is 5.37. The molecule has 0 radical (unpaired) electrons. The van der Waals surface area contributed by atoms with Crippen molar-refractivity contribution in [2.45, 2.75) is 12.1 Å². The third-order valence-corrected chi connectivity index (χ3v) is 3.65. The van der Waals surface area contributed by atoms with Crippen molar-refractivity contribution in [1.82, 2.24) is 0 Å². The molecule has 0 fully saturated rings. The Morgan fingerprint density at radius 2 is 1.67 bits per heavy atom. The normalized spacial score (nSPS) is 19.9. The summed E-state index contributed by atoms with van der Waals surface area (Å²) in [4.78, 5) is 11.3. The van der Waals surface area contributed by atoms with Gasteiger partial charge in [0.05, 0.1) is 22.7 Å². The van der Waals surface area contributed by atoms with Crippen molar-refractivity contribution in [3.8, 4) is 0 Å². The van der Waals surface area contributed by atoms with Gasteiger partial charge >= 0.3 is 5.66 Å². The number of azo groups is 1. The second kappa shape index (κ2) is 6.87. The van der Waals surface area contributed by atoms with Gasteiger partial charge in [-0.3, -0.25) is 10.1 Å². The van der Waals surface area contributed by atoms with Crippen LogP contribution in [0.1, 0.15) is 6.42 Å². The summed E-state index contributed by atoms with van der Waals surface area (Å²) in [5.41, 5.74) is 0.667. The minimum absolute atomic E-state index is 0.189. The maximum atomic E-state index is 11.6. The fraction of sp³-hybridized carbons (Fsp3) is 0.111. The number of nitrogens with zero attached hydrogens (tertiary/aromatic N) is 3. The Labute approximate surface area is 139 Å². The Hall–Kier alpha value is -3.28. The molecule has 120 valence electrons. The van der Waals surface area contributed by atoms with Gasteiger partial charge in [0.25, 0.3) is 0 Å². The summed E-state index contributed by atoms with van der Waals surface area (Å²) in [7, 11) is 0. The fourth-order valence-corrected chi connectivity index (χ4v) is 2.35. The van der Waals surface area contributed by atoms with E-state index in [1.54, 1.807) is 24.3 Å². The first-order valence-electron chi connectivity index (χ1n) is 7.52. The molecule has 2 aromatic carbocycles. The van der Waals surface area contributed by atoms with Gasteiger partial charge in [0.1, 0.15) is 0 Å². The number of hydrogen-bond acceptors (Lipinski definition) is 5. The SMILES string of the molecule is O=[N+]([O-])C1(Nc2ccccc2)C=CC(N=Nc2ccccc2)=CC1. The molecule has 6 nitrogen and oxygen atoms in total. The summed E-state index contributed by atoms with van der Waals surface area (Å²) in [6.45, 7) is 0. The quantitative estimate of drug-likeness (QED) is 0.375. The highest BCUT2D eigenvalue weighted by molar-refractivity contribution is 5.47. The average Bonchev–Trinajstić information content (AvgIpc) is 2.63. The molecule has 0 aliphatic heterocycles. The lowest BCUT2D eigenvalue weighted by Crippen LogP contribution is -2.44. The van der Waals surface area contributed by atoms with Crippen molar-refractivity contribution >= 4 is 11.4 Å². The van der Waals surface area contributed by atoms with Crippen molar-refractivity contribution in [1.29, 1.82) is 0 Å². The molecule has 0 spiro atoms. The monoisotopic (exact) mass is 320 g/mol.